The first-order chi connectivity index (χ1) is 9.81. The van der Waals surface area contributed by atoms with Gasteiger partial charge in [0.15, 0.2) is 0 Å². The quantitative estimate of drug-likeness (QED) is 0.779. The van der Waals surface area contributed by atoms with Crippen LogP contribution in [-0.4, -0.2) is 29.6 Å². The molecular weight excluding hydrogens is 336 g/mol. The van der Waals surface area contributed by atoms with E-state index in [1.165, 1.54) is 12.1 Å². The third-order valence-corrected chi connectivity index (χ3v) is 4.52. The summed E-state index contributed by atoms with van der Waals surface area (Å²) in [5, 5.41) is 15.1. The van der Waals surface area contributed by atoms with E-state index in [4.69, 9.17) is 5.11 Å². The highest BCUT2D eigenvalue weighted by molar-refractivity contribution is 9.10. The highest BCUT2D eigenvalue weighted by atomic mass is 79.9. The fraction of sp³-hybridized carbons (Fsp3) is 0.467. The summed E-state index contributed by atoms with van der Waals surface area (Å²) in [6.07, 6.45) is 2.06. The van der Waals surface area contributed by atoms with Crippen LogP contribution in [0.15, 0.2) is 22.7 Å². The third kappa shape index (κ3) is 3.63. The molecule has 1 amide bonds. The van der Waals surface area contributed by atoms with Crippen molar-refractivity contribution < 1.29 is 14.7 Å². The zero-order valence-corrected chi connectivity index (χ0v) is 13.7. The van der Waals surface area contributed by atoms with E-state index >= 15 is 0 Å². The van der Waals surface area contributed by atoms with Crippen LogP contribution in [0.5, 0.6) is 0 Å². The molecule has 0 bridgehead atoms. The number of piperidine rings is 1. The molecule has 0 aliphatic carbocycles. The number of carboxylic acids is 1. The molecule has 21 heavy (non-hydrogen) atoms. The first-order valence-electron chi connectivity index (χ1n) is 6.88. The van der Waals surface area contributed by atoms with Crippen LogP contribution in [0.1, 0.15) is 37.0 Å². The molecule has 1 aliphatic heterocycles. The van der Waals surface area contributed by atoms with E-state index < -0.39 is 5.97 Å². The van der Waals surface area contributed by atoms with Gasteiger partial charge in [0, 0.05) is 4.47 Å². The number of hydrogen-bond donors (Lipinski definition) is 3. The van der Waals surface area contributed by atoms with Gasteiger partial charge in [0.25, 0.3) is 0 Å². The molecule has 0 radical (unpaired) electrons. The van der Waals surface area contributed by atoms with Gasteiger partial charge in [-0.25, -0.2) is 4.79 Å². The van der Waals surface area contributed by atoms with Crippen LogP contribution in [0.25, 0.3) is 0 Å². The summed E-state index contributed by atoms with van der Waals surface area (Å²) in [7, 11) is 0. The molecule has 0 saturated carbocycles. The van der Waals surface area contributed by atoms with Gasteiger partial charge in [-0.05, 0) is 58.9 Å². The molecule has 1 aromatic rings. The van der Waals surface area contributed by atoms with Crippen LogP contribution in [0.3, 0.4) is 0 Å². The van der Waals surface area contributed by atoms with E-state index in [0.717, 1.165) is 19.4 Å². The van der Waals surface area contributed by atoms with E-state index in [0.29, 0.717) is 10.2 Å². The van der Waals surface area contributed by atoms with E-state index in [2.05, 4.69) is 40.4 Å². The maximum Gasteiger partial charge on any atom is 0.335 e. The molecule has 3 N–H and O–H groups in total. The minimum Gasteiger partial charge on any atom is -0.478 e. The molecule has 0 aromatic heterocycles. The van der Waals surface area contributed by atoms with Crippen LogP contribution in [0, 0.1) is 5.41 Å². The molecule has 1 atom stereocenters. The minimum absolute atomic E-state index is 0.0940. The van der Waals surface area contributed by atoms with Gasteiger partial charge in [-0.1, -0.05) is 13.8 Å². The summed E-state index contributed by atoms with van der Waals surface area (Å²) >= 11 is 3.30. The summed E-state index contributed by atoms with van der Waals surface area (Å²) in [4.78, 5) is 23.3. The molecule has 6 heteroatoms. The summed E-state index contributed by atoms with van der Waals surface area (Å²) in [5.74, 6) is -1.09. The number of benzene rings is 1. The van der Waals surface area contributed by atoms with E-state index in [9.17, 15) is 9.59 Å². The molecule has 1 fully saturated rings. The van der Waals surface area contributed by atoms with Crippen molar-refractivity contribution in [2.24, 2.45) is 5.41 Å². The van der Waals surface area contributed by atoms with Crippen molar-refractivity contribution in [3.8, 4) is 0 Å². The second-order valence-electron chi connectivity index (χ2n) is 5.97. The highest BCUT2D eigenvalue weighted by Crippen LogP contribution is 2.31. The average molecular weight is 355 g/mol. The van der Waals surface area contributed by atoms with Gasteiger partial charge in [0.05, 0.1) is 17.3 Å². The average Bonchev–Trinajstić information content (AvgIpc) is 2.40. The molecule has 2 rings (SSSR count). The molecule has 1 saturated heterocycles. The lowest BCUT2D eigenvalue weighted by Crippen LogP contribution is -2.53. The zero-order valence-electron chi connectivity index (χ0n) is 12.1. The van der Waals surface area contributed by atoms with E-state index in [1.807, 2.05) is 0 Å². The number of rotatable bonds is 3. The van der Waals surface area contributed by atoms with Crippen LogP contribution >= 0.6 is 15.9 Å². The van der Waals surface area contributed by atoms with E-state index in [-0.39, 0.29) is 22.9 Å². The number of carbonyl (C=O) groups is 2. The number of carboxylic acid groups (broad SMARTS) is 1. The van der Waals surface area contributed by atoms with Crippen molar-refractivity contribution in [1.82, 2.24) is 5.32 Å². The zero-order chi connectivity index (χ0) is 15.6. The maximum absolute atomic E-state index is 12.4. The van der Waals surface area contributed by atoms with Gasteiger partial charge in [-0.15, -0.1) is 0 Å². The van der Waals surface area contributed by atoms with Crippen LogP contribution in [0.4, 0.5) is 5.69 Å². The lowest BCUT2D eigenvalue weighted by atomic mass is 9.77. The third-order valence-electron chi connectivity index (χ3n) is 3.86. The standard InChI is InChI=1S/C15H19BrN2O3/c1-15(2)6-3-7-17-12(15)13(19)18-11-5-4-9(14(20)21)8-10(11)16/h4-5,8,12,17H,3,6-7H2,1-2H3,(H,18,19)(H,20,21). The predicted octanol–water partition coefficient (Wildman–Crippen LogP) is 2.86. The minimum atomic E-state index is -0.997. The number of aromatic carboxylic acids is 1. The van der Waals surface area contributed by atoms with Crippen LogP contribution < -0.4 is 10.6 Å². The molecular formula is C15H19BrN2O3. The normalized spacial score (nSPS) is 20.8. The lowest BCUT2D eigenvalue weighted by Gasteiger charge is -2.38. The van der Waals surface area contributed by atoms with E-state index in [1.54, 1.807) is 6.07 Å². The Bertz CT molecular complexity index is 572. The Labute approximate surface area is 132 Å². The molecule has 5 nitrogen and oxygen atoms in total. The summed E-state index contributed by atoms with van der Waals surface area (Å²) < 4.78 is 0.560. The Balaban J connectivity index is 2.14. The first-order valence-corrected chi connectivity index (χ1v) is 7.68. The van der Waals surface area contributed by atoms with Gasteiger partial charge in [-0.3, -0.25) is 4.79 Å². The van der Waals surface area contributed by atoms with Crippen LogP contribution in [0.2, 0.25) is 0 Å². The van der Waals surface area contributed by atoms with Crippen molar-refractivity contribution in [1.29, 1.82) is 0 Å². The van der Waals surface area contributed by atoms with Gasteiger partial charge in [-0.2, -0.15) is 0 Å². The van der Waals surface area contributed by atoms with Crippen molar-refractivity contribution in [2.45, 2.75) is 32.7 Å². The van der Waals surface area contributed by atoms with Gasteiger partial charge < -0.3 is 15.7 Å². The topological polar surface area (TPSA) is 78.4 Å². The van der Waals surface area contributed by atoms with Crippen LogP contribution in [-0.2, 0) is 4.79 Å². The SMILES string of the molecule is CC1(C)CCCNC1C(=O)Nc1ccc(C(=O)O)cc1Br. The smallest absolute Gasteiger partial charge is 0.335 e. The number of carbonyl (C=O) groups excluding carboxylic acids is 1. The summed E-state index contributed by atoms with van der Waals surface area (Å²) in [5.41, 5.74) is 0.652. The number of anilines is 1. The molecule has 1 heterocycles. The fourth-order valence-electron chi connectivity index (χ4n) is 2.61. The van der Waals surface area contributed by atoms with Crippen molar-refractivity contribution in [3.05, 3.63) is 28.2 Å². The number of hydrogen-bond acceptors (Lipinski definition) is 3. The predicted molar refractivity (Wildman–Crippen MR) is 84.5 cm³/mol. The molecule has 1 aliphatic rings. The Morgan fingerprint density at radius 2 is 2.14 bits per heavy atom. The first kappa shape index (κ1) is 16.0. The number of amides is 1. The van der Waals surface area contributed by atoms with Gasteiger partial charge >= 0.3 is 5.97 Å². The Morgan fingerprint density at radius 3 is 2.71 bits per heavy atom. The maximum atomic E-state index is 12.4. The summed E-state index contributed by atoms with van der Waals surface area (Å²) in [6, 6.07) is 4.30. The fourth-order valence-corrected chi connectivity index (χ4v) is 3.09. The van der Waals surface area contributed by atoms with Crippen molar-refractivity contribution in [3.63, 3.8) is 0 Å². The number of halogens is 1. The number of nitrogens with one attached hydrogen (secondary N) is 2. The summed E-state index contributed by atoms with van der Waals surface area (Å²) in [6.45, 7) is 4.98. The Hall–Kier alpha value is -1.40. The van der Waals surface area contributed by atoms with Crippen molar-refractivity contribution >= 4 is 33.5 Å². The highest BCUT2D eigenvalue weighted by Gasteiger charge is 2.37. The molecule has 114 valence electrons. The Morgan fingerprint density at radius 1 is 1.43 bits per heavy atom. The van der Waals surface area contributed by atoms with Gasteiger partial charge in [0.2, 0.25) is 5.91 Å². The van der Waals surface area contributed by atoms with Crippen molar-refractivity contribution in [2.75, 3.05) is 11.9 Å². The lowest BCUT2D eigenvalue weighted by molar-refractivity contribution is -0.121. The van der Waals surface area contributed by atoms with Gasteiger partial charge in [0.1, 0.15) is 0 Å². The largest absolute Gasteiger partial charge is 0.478 e. The second kappa shape index (κ2) is 6.15. The second-order valence-corrected chi connectivity index (χ2v) is 6.82. The Kier molecular flexibility index (Phi) is 4.68. The molecule has 1 aromatic carbocycles. The molecule has 0 spiro atoms. The monoisotopic (exact) mass is 354 g/mol. The molecule has 1 unspecified atom stereocenters.